The zero-order valence-electron chi connectivity index (χ0n) is 9.73. The molecule has 1 aliphatic rings. The normalized spacial score (nSPS) is 14.9. The maximum atomic E-state index is 5.43. The van der Waals surface area contributed by atoms with Crippen molar-refractivity contribution in [2.75, 3.05) is 23.3 Å². The second-order valence-electron chi connectivity index (χ2n) is 4.30. The first-order valence-corrected chi connectivity index (χ1v) is 6.04. The van der Waals surface area contributed by atoms with Gasteiger partial charge in [0, 0.05) is 13.1 Å². The summed E-state index contributed by atoms with van der Waals surface area (Å²) in [7, 11) is 0. The predicted molar refractivity (Wildman–Crippen MR) is 69.3 cm³/mol. The molecular formula is C14H16N2O. The molecule has 17 heavy (non-hydrogen) atoms. The van der Waals surface area contributed by atoms with Gasteiger partial charge in [-0.15, -0.1) is 0 Å². The zero-order chi connectivity index (χ0) is 11.5. The Morgan fingerprint density at radius 3 is 3.00 bits per heavy atom. The van der Waals surface area contributed by atoms with E-state index in [1.165, 1.54) is 11.4 Å². The Morgan fingerprint density at radius 2 is 2.12 bits per heavy atom. The van der Waals surface area contributed by atoms with Crippen LogP contribution >= 0.6 is 0 Å². The molecule has 0 saturated heterocycles. The highest BCUT2D eigenvalue weighted by atomic mass is 16.3. The van der Waals surface area contributed by atoms with Crippen LogP contribution in [0.1, 0.15) is 12.2 Å². The molecule has 3 heteroatoms. The summed E-state index contributed by atoms with van der Waals surface area (Å²) in [5.41, 5.74) is 2.48. The maximum absolute atomic E-state index is 5.43. The fraction of sp³-hybridized carbons (Fsp3) is 0.286. The van der Waals surface area contributed by atoms with Crippen molar-refractivity contribution in [3.8, 4) is 0 Å². The van der Waals surface area contributed by atoms with Crippen LogP contribution < -0.4 is 10.2 Å². The Morgan fingerprint density at radius 1 is 1.18 bits per heavy atom. The zero-order valence-corrected chi connectivity index (χ0v) is 9.73. The highest BCUT2D eigenvalue weighted by Gasteiger charge is 2.15. The van der Waals surface area contributed by atoms with Gasteiger partial charge >= 0.3 is 0 Å². The first-order valence-electron chi connectivity index (χ1n) is 6.04. The van der Waals surface area contributed by atoms with Gasteiger partial charge in [0.15, 0.2) is 0 Å². The van der Waals surface area contributed by atoms with Crippen LogP contribution in [0.4, 0.5) is 11.4 Å². The summed E-state index contributed by atoms with van der Waals surface area (Å²) in [5.74, 6) is 1.02. The summed E-state index contributed by atoms with van der Waals surface area (Å²) in [4.78, 5) is 2.37. The quantitative estimate of drug-likeness (QED) is 0.856. The lowest BCUT2D eigenvalue weighted by molar-refractivity contribution is 0.502. The number of hydrogen-bond acceptors (Lipinski definition) is 3. The Hall–Kier alpha value is -1.90. The molecule has 2 aromatic rings. The Bertz CT molecular complexity index is 479. The van der Waals surface area contributed by atoms with E-state index >= 15 is 0 Å². The van der Waals surface area contributed by atoms with Crippen LogP contribution in [0.25, 0.3) is 0 Å². The van der Waals surface area contributed by atoms with Gasteiger partial charge in [0.2, 0.25) is 0 Å². The number of fused-ring (bicyclic) bond motifs is 1. The van der Waals surface area contributed by atoms with E-state index in [4.69, 9.17) is 4.42 Å². The van der Waals surface area contributed by atoms with Gasteiger partial charge < -0.3 is 14.6 Å². The summed E-state index contributed by atoms with van der Waals surface area (Å²) in [6.45, 7) is 2.93. The molecule has 0 atom stereocenters. The third-order valence-electron chi connectivity index (χ3n) is 3.09. The minimum absolute atomic E-state index is 0.839. The van der Waals surface area contributed by atoms with E-state index in [-0.39, 0.29) is 0 Å². The van der Waals surface area contributed by atoms with Crippen molar-refractivity contribution in [1.82, 2.24) is 0 Å². The van der Waals surface area contributed by atoms with Crippen molar-refractivity contribution in [3.05, 3.63) is 48.4 Å². The lowest BCUT2D eigenvalue weighted by Gasteiger charge is -2.23. The average molecular weight is 228 g/mol. The van der Waals surface area contributed by atoms with E-state index in [0.29, 0.717) is 0 Å². The molecule has 1 aromatic heterocycles. The van der Waals surface area contributed by atoms with Gasteiger partial charge in [-0.05, 0) is 30.7 Å². The predicted octanol–water partition coefficient (Wildman–Crippen LogP) is 3.10. The summed E-state index contributed by atoms with van der Waals surface area (Å²) < 4.78 is 5.43. The molecule has 3 rings (SSSR count). The minimum atomic E-state index is 0.839. The van der Waals surface area contributed by atoms with Crippen LogP contribution in [0.15, 0.2) is 47.1 Å². The number of anilines is 2. The van der Waals surface area contributed by atoms with E-state index in [2.05, 4.69) is 34.5 Å². The molecule has 3 nitrogen and oxygen atoms in total. The summed E-state index contributed by atoms with van der Waals surface area (Å²) >= 11 is 0. The third kappa shape index (κ3) is 2.13. The highest BCUT2D eigenvalue weighted by molar-refractivity contribution is 5.70. The van der Waals surface area contributed by atoms with Crippen LogP contribution in [0, 0.1) is 0 Å². The Balaban J connectivity index is 1.89. The van der Waals surface area contributed by atoms with Crippen LogP contribution in [-0.4, -0.2) is 13.1 Å². The van der Waals surface area contributed by atoms with Crippen LogP contribution in [0.2, 0.25) is 0 Å². The molecule has 1 aliphatic heterocycles. The molecular weight excluding hydrogens is 212 g/mol. The molecule has 0 saturated carbocycles. The van der Waals surface area contributed by atoms with E-state index in [1.54, 1.807) is 6.26 Å². The molecule has 2 heterocycles. The first-order chi connectivity index (χ1) is 8.43. The fourth-order valence-electron chi connectivity index (χ4n) is 2.27. The molecule has 1 N–H and O–H groups in total. The van der Waals surface area contributed by atoms with E-state index in [9.17, 15) is 0 Å². The van der Waals surface area contributed by atoms with E-state index in [0.717, 1.165) is 31.8 Å². The van der Waals surface area contributed by atoms with E-state index in [1.807, 2.05) is 12.1 Å². The number of nitrogens with zero attached hydrogens (tertiary/aromatic N) is 1. The largest absolute Gasteiger partial charge is 0.467 e. The third-order valence-corrected chi connectivity index (χ3v) is 3.09. The highest BCUT2D eigenvalue weighted by Crippen LogP contribution is 2.29. The number of furan rings is 1. The first kappa shape index (κ1) is 10.3. The summed E-state index contributed by atoms with van der Waals surface area (Å²) in [5, 5.41) is 3.46. The van der Waals surface area contributed by atoms with Crippen LogP contribution in [0.5, 0.6) is 0 Å². The van der Waals surface area contributed by atoms with Crippen molar-refractivity contribution >= 4 is 11.4 Å². The van der Waals surface area contributed by atoms with Gasteiger partial charge in [0.05, 0.1) is 24.2 Å². The average Bonchev–Trinajstić information content (AvgIpc) is 2.78. The standard InChI is InChI=1S/C14H16N2O/c1-2-7-14-13(6-1)15-8-4-9-16(14)11-12-5-3-10-17-12/h1-3,5-7,10,15H,4,8-9,11H2. The molecule has 0 aliphatic carbocycles. The number of hydrogen-bond donors (Lipinski definition) is 1. The van der Waals surface area contributed by atoms with Gasteiger partial charge in [0.25, 0.3) is 0 Å². The molecule has 0 amide bonds. The number of benzene rings is 1. The topological polar surface area (TPSA) is 28.4 Å². The number of nitrogens with one attached hydrogen (secondary N) is 1. The SMILES string of the molecule is c1coc(CN2CCCNc3ccccc32)c1. The van der Waals surface area contributed by atoms with Gasteiger partial charge in [-0.1, -0.05) is 12.1 Å². The van der Waals surface area contributed by atoms with Crippen LogP contribution in [0.3, 0.4) is 0 Å². The van der Waals surface area contributed by atoms with Crippen molar-refractivity contribution in [3.63, 3.8) is 0 Å². The number of rotatable bonds is 2. The van der Waals surface area contributed by atoms with Gasteiger partial charge in [-0.3, -0.25) is 0 Å². The molecule has 0 spiro atoms. The monoisotopic (exact) mass is 228 g/mol. The summed E-state index contributed by atoms with van der Waals surface area (Å²) in [6, 6.07) is 12.4. The lowest BCUT2D eigenvalue weighted by atomic mass is 10.2. The summed E-state index contributed by atoms with van der Waals surface area (Å²) in [6.07, 6.45) is 2.88. The molecule has 0 fully saturated rings. The van der Waals surface area contributed by atoms with Gasteiger partial charge in [0.1, 0.15) is 5.76 Å². The van der Waals surface area contributed by atoms with Crippen LogP contribution in [-0.2, 0) is 6.54 Å². The van der Waals surface area contributed by atoms with Crippen molar-refractivity contribution in [1.29, 1.82) is 0 Å². The molecule has 1 aromatic carbocycles. The molecule has 0 unspecified atom stereocenters. The second-order valence-corrected chi connectivity index (χ2v) is 4.30. The lowest BCUT2D eigenvalue weighted by Crippen LogP contribution is -2.22. The Labute approximate surface area is 101 Å². The molecule has 0 radical (unpaired) electrons. The van der Waals surface area contributed by atoms with Crippen molar-refractivity contribution < 1.29 is 4.42 Å². The molecule has 0 bridgehead atoms. The minimum Gasteiger partial charge on any atom is -0.467 e. The van der Waals surface area contributed by atoms with E-state index < -0.39 is 0 Å². The fourth-order valence-corrected chi connectivity index (χ4v) is 2.27. The Kier molecular flexibility index (Phi) is 2.74. The van der Waals surface area contributed by atoms with Crippen molar-refractivity contribution in [2.24, 2.45) is 0 Å². The molecule has 88 valence electrons. The smallest absolute Gasteiger partial charge is 0.123 e. The van der Waals surface area contributed by atoms with Crippen molar-refractivity contribution in [2.45, 2.75) is 13.0 Å². The maximum Gasteiger partial charge on any atom is 0.123 e. The van der Waals surface area contributed by atoms with Gasteiger partial charge in [-0.2, -0.15) is 0 Å². The van der Waals surface area contributed by atoms with Gasteiger partial charge in [-0.25, -0.2) is 0 Å². The number of para-hydroxylation sites is 2. The second kappa shape index (κ2) is 4.53.